The second kappa shape index (κ2) is 12.3. The van der Waals surface area contributed by atoms with E-state index < -0.39 is 11.9 Å². The Morgan fingerprint density at radius 3 is 2.46 bits per heavy atom. The fraction of sp³-hybridized carbons (Fsp3) is 0.387. The number of nitrogens with one attached hydrogen (secondary N) is 1. The van der Waals surface area contributed by atoms with E-state index >= 15 is 0 Å². The summed E-state index contributed by atoms with van der Waals surface area (Å²) in [4.78, 5) is 21.6. The molecule has 10 heteroatoms. The molecule has 0 spiro atoms. The van der Waals surface area contributed by atoms with E-state index in [0.717, 1.165) is 37.3 Å². The predicted octanol–water partition coefficient (Wildman–Crippen LogP) is 6.71. The molecule has 0 aliphatic heterocycles. The van der Waals surface area contributed by atoms with Crippen molar-refractivity contribution in [1.82, 2.24) is 19.7 Å². The normalized spacial score (nSPS) is 17.6. The largest absolute Gasteiger partial charge is 0.490 e. The van der Waals surface area contributed by atoms with Crippen LogP contribution in [0.2, 0.25) is 0 Å². The predicted molar refractivity (Wildman–Crippen MR) is 148 cm³/mol. The molecule has 3 aromatic heterocycles. The molecule has 1 amide bonds. The highest BCUT2D eigenvalue weighted by atomic mass is 19.4. The van der Waals surface area contributed by atoms with Gasteiger partial charge in [0.2, 0.25) is 0 Å². The summed E-state index contributed by atoms with van der Waals surface area (Å²) in [5, 5.41) is 3.15. The van der Waals surface area contributed by atoms with E-state index in [-0.39, 0.29) is 29.4 Å². The number of ether oxygens (including phenoxy) is 2. The quantitative estimate of drug-likeness (QED) is 0.244. The lowest BCUT2D eigenvalue weighted by atomic mass is 9.86. The zero-order chi connectivity index (χ0) is 29.0. The lowest BCUT2D eigenvalue weighted by molar-refractivity contribution is -0.141. The third-order valence-electron chi connectivity index (χ3n) is 7.11. The molecule has 7 nitrogen and oxygen atoms in total. The van der Waals surface area contributed by atoms with Crippen molar-refractivity contribution in [3.05, 3.63) is 83.8 Å². The van der Waals surface area contributed by atoms with E-state index in [4.69, 9.17) is 9.47 Å². The molecule has 0 saturated heterocycles. The lowest BCUT2D eigenvalue weighted by Gasteiger charge is -2.29. The number of hydrogen-bond acceptors (Lipinski definition) is 5. The monoisotopic (exact) mass is 566 g/mol. The number of pyridine rings is 2. The lowest BCUT2D eigenvalue weighted by Crippen LogP contribution is -2.38. The maximum Gasteiger partial charge on any atom is 0.433 e. The first kappa shape index (κ1) is 28.6. The Balaban J connectivity index is 1.26. The number of imidazole rings is 1. The van der Waals surface area contributed by atoms with Gasteiger partial charge in [0.15, 0.2) is 0 Å². The van der Waals surface area contributed by atoms with Gasteiger partial charge in [-0.1, -0.05) is 36.4 Å². The van der Waals surface area contributed by atoms with Crippen molar-refractivity contribution in [1.29, 1.82) is 0 Å². The maximum absolute atomic E-state index is 13.4. The summed E-state index contributed by atoms with van der Waals surface area (Å²) in [5.41, 5.74) is 1.28. The SMILES string of the molecule is CC(C)Oc1cc2nc(-c3cccc(C(F)(F)F)n3)cn2cc1C(=O)NC1CCC(COCc2ccccc2)CC1. The number of nitrogens with zero attached hydrogens (tertiary/aromatic N) is 3. The highest BCUT2D eigenvalue weighted by molar-refractivity contribution is 5.97. The van der Waals surface area contributed by atoms with Crippen LogP contribution in [0.15, 0.2) is 67.0 Å². The molecule has 216 valence electrons. The molecule has 5 rings (SSSR count). The van der Waals surface area contributed by atoms with Crippen LogP contribution < -0.4 is 10.1 Å². The number of fused-ring (bicyclic) bond motifs is 1. The fourth-order valence-corrected chi connectivity index (χ4v) is 5.05. The van der Waals surface area contributed by atoms with Gasteiger partial charge in [0, 0.05) is 31.1 Å². The molecular formula is C31H33F3N4O3. The van der Waals surface area contributed by atoms with Gasteiger partial charge in [0.25, 0.3) is 5.91 Å². The van der Waals surface area contributed by atoms with E-state index in [0.29, 0.717) is 36.1 Å². The Kier molecular flexibility index (Phi) is 8.58. The van der Waals surface area contributed by atoms with Crippen LogP contribution in [0.4, 0.5) is 13.2 Å². The van der Waals surface area contributed by atoms with Gasteiger partial charge in [0.1, 0.15) is 22.8 Å². The zero-order valence-electron chi connectivity index (χ0n) is 23.0. The van der Waals surface area contributed by atoms with Gasteiger partial charge in [-0.15, -0.1) is 0 Å². The molecule has 1 saturated carbocycles. The van der Waals surface area contributed by atoms with Gasteiger partial charge < -0.3 is 19.2 Å². The number of carbonyl (C=O) groups is 1. The van der Waals surface area contributed by atoms with E-state index in [1.54, 1.807) is 22.9 Å². The van der Waals surface area contributed by atoms with Crippen LogP contribution in [0.25, 0.3) is 17.0 Å². The molecule has 1 aliphatic carbocycles. The average Bonchev–Trinajstić information content (AvgIpc) is 3.36. The van der Waals surface area contributed by atoms with Gasteiger partial charge >= 0.3 is 6.18 Å². The Morgan fingerprint density at radius 2 is 1.76 bits per heavy atom. The summed E-state index contributed by atoms with van der Waals surface area (Å²) in [5.74, 6) is 0.554. The van der Waals surface area contributed by atoms with Crippen molar-refractivity contribution in [2.24, 2.45) is 5.92 Å². The van der Waals surface area contributed by atoms with Crippen LogP contribution in [0.5, 0.6) is 5.75 Å². The van der Waals surface area contributed by atoms with Crippen LogP contribution in [0, 0.1) is 5.92 Å². The van der Waals surface area contributed by atoms with Crippen LogP contribution in [0.1, 0.15) is 61.1 Å². The Morgan fingerprint density at radius 1 is 1.00 bits per heavy atom. The molecular weight excluding hydrogens is 533 g/mol. The number of halogens is 3. The number of aromatic nitrogens is 3. The molecule has 1 fully saturated rings. The van der Waals surface area contributed by atoms with Gasteiger partial charge in [-0.25, -0.2) is 9.97 Å². The van der Waals surface area contributed by atoms with Gasteiger partial charge in [0.05, 0.1) is 24.0 Å². The first-order valence-corrected chi connectivity index (χ1v) is 13.8. The highest BCUT2D eigenvalue weighted by Gasteiger charge is 2.32. The van der Waals surface area contributed by atoms with Crippen molar-refractivity contribution in [3.63, 3.8) is 0 Å². The number of carbonyl (C=O) groups excluding carboxylic acids is 1. The van der Waals surface area contributed by atoms with Crippen molar-refractivity contribution >= 4 is 11.6 Å². The molecule has 0 atom stereocenters. The number of benzene rings is 1. The molecule has 41 heavy (non-hydrogen) atoms. The van der Waals surface area contributed by atoms with Gasteiger partial charge in [-0.3, -0.25) is 4.79 Å². The molecule has 0 bridgehead atoms. The number of alkyl halides is 3. The number of amides is 1. The van der Waals surface area contributed by atoms with Crippen molar-refractivity contribution in [3.8, 4) is 17.1 Å². The summed E-state index contributed by atoms with van der Waals surface area (Å²) in [7, 11) is 0. The maximum atomic E-state index is 13.4. The van der Waals surface area contributed by atoms with E-state index in [1.807, 2.05) is 44.2 Å². The summed E-state index contributed by atoms with van der Waals surface area (Å²) in [6.07, 6.45) is 2.03. The first-order chi connectivity index (χ1) is 19.7. The molecule has 1 N–H and O–H groups in total. The topological polar surface area (TPSA) is 77.8 Å². The Labute approximate surface area is 236 Å². The minimum Gasteiger partial charge on any atom is -0.490 e. The molecule has 0 radical (unpaired) electrons. The Bertz CT molecular complexity index is 1480. The van der Waals surface area contributed by atoms with E-state index in [2.05, 4.69) is 15.3 Å². The standard InChI is InChI=1S/C31H33F3N4O3/c1-20(2)41-27-15-29-37-26(25-9-6-10-28(36-25)31(32,33)34)17-38(29)16-24(27)30(39)35-23-13-11-22(12-14-23)19-40-18-21-7-4-3-5-8-21/h3-10,15-17,20,22-23H,11-14,18-19H2,1-2H3,(H,35,39). The number of hydrogen-bond donors (Lipinski definition) is 1. The number of rotatable bonds is 9. The minimum atomic E-state index is -4.56. The fourth-order valence-electron chi connectivity index (χ4n) is 5.05. The second-order valence-electron chi connectivity index (χ2n) is 10.7. The summed E-state index contributed by atoms with van der Waals surface area (Å²) >= 11 is 0. The van der Waals surface area contributed by atoms with Gasteiger partial charge in [-0.05, 0) is 63.1 Å². The van der Waals surface area contributed by atoms with Crippen LogP contribution in [0.3, 0.4) is 0 Å². The van der Waals surface area contributed by atoms with Crippen molar-refractivity contribution < 1.29 is 27.4 Å². The molecule has 1 aliphatic rings. The first-order valence-electron chi connectivity index (χ1n) is 13.8. The highest BCUT2D eigenvalue weighted by Crippen LogP contribution is 2.31. The minimum absolute atomic E-state index is 0.0307. The second-order valence-corrected chi connectivity index (χ2v) is 10.7. The Hall–Kier alpha value is -3.92. The average molecular weight is 567 g/mol. The van der Waals surface area contributed by atoms with Crippen LogP contribution >= 0.6 is 0 Å². The zero-order valence-corrected chi connectivity index (χ0v) is 23.0. The smallest absolute Gasteiger partial charge is 0.433 e. The molecule has 4 aromatic rings. The molecule has 1 aromatic carbocycles. The summed E-state index contributed by atoms with van der Waals surface area (Å²) in [6, 6.07) is 15.4. The van der Waals surface area contributed by atoms with Crippen molar-refractivity contribution in [2.75, 3.05) is 6.61 Å². The van der Waals surface area contributed by atoms with Crippen LogP contribution in [-0.4, -0.2) is 39.0 Å². The summed E-state index contributed by atoms with van der Waals surface area (Å²) < 4.78 is 53.0. The van der Waals surface area contributed by atoms with Crippen molar-refractivity contribution in [2.45, 2.75) is 64.5 Å². The van der Waals surface area contributed by atoms with E-state index in [1.165, 1.54) is 12.1 Å². The summed E-state index contributed by atoms with van der Waals surface area (Å²) in [6.45, 7) is 5.01. The third kappa shape index (κ3) is 7.24. The van der Waals surface area contributed by atoms with E-state index in [9.17, 15) is 18.0 Å². The van der Waals surface area contributed by atoms with Gasteiger partial charge in [-0.2, -0.15) is 13.2 Å². The third-order valence-corrected chi connectivity index (χ3v) is 7.11. The molecule has 0 unspecified atom stereocenters. The molecule has 3 heterocycles. The van der Waals surface area contributed by atoms with Crippen LogP contribution in [-0.2, 0) is 17.5 Å².